The first-order valence-electron chi connectivity index (χ1n) is 10.5. The lowest BCUT2D eigenvalue weighted by atomic mass is 9.96. The summed E-state index contributed by atoms with van der Waals surface area (Å²) in [5.74, 6) is -2.01. The van der Waals surface area contributed by atoms with Gasteiger partial charge in [0.15, 0.2) is 0 Å². The van der Waals surface area contributed by atoms with Crippen LogP contribution >= 0.6 is 0 Å². The lowest BCUT2D eigenvalue weighted by Crippen LogP contribution is -2.42. The summed E-state index contributed by atoms with van der Waals surface area (Å²) >= 11 is 0. The lowest BCUT2D eigenvalue weighted by Gasteiger charge is -2.32. The van der Waals surface area contributed by atoms with Gasteiger partial charge in [0.1, 0.15) is 17.2 Å². The molecule has 0 radical (unpaired) electrons. The second-order valence-corrected chi connectivity index (χ2v) is 8.69. The van der Waals surface area contributed by atoms with E-state index in [4.69, 9.17) is 4.74 Å². The fourth-order valence-corrected chi connectivity index (χ4v) is 3.30. The summed E-state index contributed by atoms with van der Waals surface area (Å²) in [7, 11) is 0. The highest BCUT2D eigenvalue weighted by Gasteiger charge is 2.24. The first kappa shape index (κ1) is 24.6. The van der Waals surface area contributed by atoms with Crippen molar-refractivity contribution in [2.75, 3.05) is 26.2 Å². The molecular weight excluding hydrogens is 408 g/mol. The third-order valence-corrected chi connectivity index (χ3v) is 4.93. The van der Waals surface area contributed by atoms with Crippen molar-refractivity contribution in [3.8, 4) is 0 Å². The van der Waals surface area contributed by atoms with Crippen LogP contribution in [0.4, 0.5) is 13.6 Å². The average Bonchev–Trinajstić information content (AvgIpc) is 2.68. The Morgan fingerprint density at radius 2 is 1.81 bits per heavy atom. The molecule has 31 heavy (non-hydrogen) atoms. The van der Waals surface area contributed by atoms with E-state index in [9.17, 15) is 23.2 Å². The van der Waals surface area contributed by atoms with Crippen LogP contribution in [-0.4, -0.2) is 54.6 Å². The van der Waals surface area contributed by atoms with Gasteiger partial charge < -0.3 is 20.3 Å². The second-order valence-electron chi connectivity index (χ2n) is 8.69. The van der Waals surface area contributed by atoms with E-state index in [1.54, 1.807) is 4.90 Å². The summed E-state index contributed by atoms with van der Waals surface area (Å²) in [4.78, 5) is 37.8. The van der Waals surface area contributed by atoms with Crippen LogP contribution in [0.5, 0.6) is 0 Å². The van der Waals surface area contributed by atoms with Crippen LogP contribution in [-0.2, 0) is 9.53 Å². The number of likely N-dealkylation sites (tertiary alicyclic amines) is 1. The molecule has 0 atom stereocenters. The summed E-state index contributed by atoms with van der Waals surface area (Å²) in [6.45, 7) is 7.40. The van der Waals surface area contributed by atoms with Gasteiger partial charge in [-0.2, -0.15) is 0 Å². The molecule has 1 aromatic rings. The van der Waals surface area contributed by atoms with E-state index in [0.717, 1.165) is 25.0 Å². The molecule has 2 rings (SSSR count). The Bertz CT molecular complexity index is 787. The quantitative estimate of drug-likeness (QED) is 0.639. The van der Waals surface area contributed by atoms with Crippen LogP contribution in [0.15, 0.2) is 18.2 Å². The maximum absolute atomic E-state index is 13.6. The Hall–Kier alpha value is -2.71. The van der Waals surface area contributed by atoms with Gasteiger partial charge in [-0.1, -0.05) is 0 Å². The number of hydrogen-bond acceptors (Lipinski definition) is 4. The van der Waals surface area contributed by atoms with Gasteiger partial charge in [-0.05, 0) is 58.1 Å². The van der Waals surface area contributed by atoms with Crippen LogP contribution in [0.3, 0.4) is 0 Å². The molecule has 172 valence electrons. The van der Waals surface area contributed by atoms with Crippen molar-refractivity contribution in [2.24, 2.45) is 5.92 Å². The van der Waals surface area contributed by atoms with Crippen LogP contribution in [0, 0.1) is 17.6 Å². The molecule has 1 aromatic carbocycles. The number of hydrogen-bond donors (Lipinski definition) is 2. The van der Waals surface area contributed by atoms with Crippen molar-refractivity contribution >= 4 is 17.9 Å². The molecule has 0 spiro atoms. The average molecular weight is 440 g/mol. The SMILES string of the molecule is CC(C)(C)OC(=O)NCC1CCN(C(=O)CCCNC(=O)c2ccc(F)cc2F)CC1. The summed E-state index contributed by atoms with van der Waals surface area (Å²) < 4.78 is 31.7. The summed E-state index contributed by atoms with van der Waals surface area (Å²) in [5.41, 5.74) is -0.762. The number of halogens is 2. The van der Waals surface area contributed by atoms with Gasteiger partial charge in [0.2, 0.25) is 5.91 Å². The number of alkyl carbamates (subject to hydrolysis) is 1. The predicted molar refractivity (Wildman–Crippen MR) is 111 cm³/mol. The zero-order chi connectivity index (χ0) is 23.0. The Morgan fingerprint density at radius 3 is 2.42 bits per heavy atom. The van der Waals surface area contributed by atoms with Crippen LogP contribution in [0.2, 0.25) is 0 Å². The minimum Gasteiger partial charge on any atom is -0.444 e. The Balaban J connectivity index is 1.62. The van der Waals surface area contributed by atoms with Gasteiger partial charge in [-0.25, -0.2) is 13.6 Å². The normalized spacial score (nSPS) is 14.8. The minimum atomic E-state index is -0.919. The highest BCUT2D eigenvalue weighted by atomic mass is 19.1. The molecule has 1 heterocycles. The number of ether oxygens (including phenoxy) is 1. The van der Waals surface area contributed by atoms with E-state index in [1.807, 2.05) is 20.8 Å². The molecule has 0 saturated carbocycles. The second kappa shape index (κ2) is 11.1. The maximum atomic E-state index is 13.6. The summed E-state index contributed by atoms with van der Waals surface area (Å²) in [5, 5.41) is 5.32. The molecule has 1 saturated heterocycles. The largest absolute Gasteiger partial charge is 0.444 e. The van der Waals surface area contributed by atoms with Gasteiger partial charge in [0.05, 0.1) is 5.56 Å². The van der Waals surface area contributed by atoms with E-state index in [2.05, 4.69) is 10.6 Å². The molecule has 0 aromatic heterocycles. The van der Waals surface area contributed by atoms with Crippen molar-refractivity contribution in [1.29, 1.82) is 0 Å². The van der Waals surface area contributed by atoms with Crippen molar-refractivity contribution in [3.63, 3.8) is 0 Å². The van der Waals surface area contributed by atoms with Crippen LogP contribution in [0.25, 0.3) is 0 Å². The number of nitrogens with zero attached hydrogens (tertiary/aromatic N) is 1. The third-order valence-electron chi connectivity index (χ3n) is 4.93. The molecule has 0 unspecified atom stereocenters. The molecule has 9 heteroatoms. The number of nitrogens with one attached hydrogen (secondary N) is 2. The van der Waals surface area contributed by atoms with Crippen LogP contribution < -0.4 is 10.6 Å². The lowest BCUT2D eigenvalue weighted by molar-refractivity contribution is -0.132. The molecule has 1 fully saturated rings. The first-order chi connectivity index (χ1) is 14.5. The summed E-state index contributed by atoms with van der Waals surface area (Å²) in [6.07, 6.45) is 1.85. The van der Waals surface area contributed by atoms with Crippen molar-refractivity contribution in [1.82, 2.24) is 15.5 Å². The Kier molecular flexibility index (Phi) is 8.76. The fraction of sp³-hybridized carbons (Fsp3) is 0.591. The molecular formula is C22H31F2N3O4. The van der Waals surface area contributed by atoms with E-state index < -0.39 is 29.2 Å². The van der Waals surface area contributed by atoms with E-state index in [0.29, 0.717) is 38.0 Å². The first-order valence-corrected chi connectivity index (χ1v) is 10.5. The molecule has 0 bridgehead atoms. The molecule has 7 nitrogen and oxygen atoms in total. The van der Waals surface area contributed by atoms with Gasteiger partial charge in [-0.3, -0.25) is 9.59 Å². The Morgan fingerprint density at radius 1 is 1.13 bits per heavy atom. The fourth-order valence-electron chi connectivity index (χ4n) is 3.30. The van der Waals surface area contributed by atoms with Gasteiger partial charge in [0, 0.05) is 38.7 Å². The number of carbonyl (C=O) groups excluding carboxylic acids is 3. The van der Waals surface area contributed by atoms with Crippen LogP contribution in [0.1, 0.15) is 56.8 Å². The van der Waals surface area contributed by atoms with Crippen molar-refractivity contribution < 1.29 is 27.9 Å². The molecule has 3 amide bonds. The monoisotopic (exact) mass is 439 g/mol. The highest BCUT2D eigenvalue weighted by molar-refractivity contribution is 5.94. The summed E-state index contributed by atoms with van der Waals surface area (Å²) in [6, 6.07) is 2.77. The standard InChI is InChI=1S/C22H31F2N3O4/c1-22(2,3)31-21(30)26-14-15-8-11-27(12-9-15)19(28)5-4-10-25-20(29)17-7-6-16(23)13-18(17)24/h6-7,13,15H,4-5,8-12,14H2,1-3H3,(H,25,29)(H,26,30). The van der Waals surface area contributed by atoms with E-state index >= 15 is 0 Å². The van der Waals surface area contributed by atoms with Gasteiger partial charge >= 0.3 is 6.09 Å². The smallest absolute Gasteiger partial charge is 0.407 e. The van der Waals surface area contributed by atoms with Gasteiger partial charge in [0.25, 0.3) is 5.91 Å². The van der Waals surface area contributed by atoms with E-state index in [1.165, 1.54) is 0 Å². The number of rotatable bonds is 7. The topological polar surface area (TPSA) is 87.7 Å². The number of amides is 3. The molecule has 0 aliphatic carbocycles. The molecule has 1 aliphatic heterocycles. The number of benzene rings is 1. The zero-order valence-corrected chi connectivity index (χ0v) is 18.3. The minimum absolute atomic E-state index is 0.000707. The van der Waals surface area contributed by atoms with Gasteiger partial charge in [-0.15, -0.1) is 0 Å². The maximum Gasteiger partial charge on any atom is 0.407 e. The number of carbonyl (C=O) groups is 3. The highest BCUT2D eigenvalue weighted by Crippen LogP contribution is 2.18. The Labute approximate surface area is 181 Å². The van der Waals surface area contributed by atoms with Crippen molar-refractivity contribution in [2.45, 2.75) is 52.1 Å². The zero-order valence-electron chi connectivity index (χ0n) is 18.3. The third kappa shape index (κ3) is 8.51. The predicted octanol–water partition coefficient (Wildman–Crippen LogP) is 3.24. The molecule has 1 aliphatic rings. The number of piperidine rings is 1. The molecule has 2 N–H and O–H groups in total. The van der Waals surface area contributed by atoms with E-state index in [-0.39, 0.29) is 24.4 Å². The van der Waals surface area contributed by atoms with Crippen molar-refractivity contribution in [3.05, 3.63) is 35.4 Å².